The third-order valence-corrected chi connectivity index (χ3v) is 4.09. The predicted octanol–water partition coefficient (Wildman–Crippen LogP) is 2.07. The Kier molecular flexibility index (Phi) is 6.14. The molecule has 0 aromatic carbocycles. The Hall–Kier alpha value is -1.08. The number of hydrogen-bond acceptors (Lipinski definition) is 6. The molecular weight excluding hydrogens is 272 g/mol. The highest BCUT2D eigenvalue weighted by molar-refractivity contribution is 8.00. The SMILES string of the molecule is COC(=O)CC(C)SCC(=O)Nc1nc(C)cs1. The summed E-state index contributed by atoms with van der Waals surface area (Å²) in [6.07, 6.45) is 0.310. The summed E-state index contributed by atoms with van der Waals surface area (Å²) in [6.45, 7) is 3.77. The van der Waals surface area contributed by atoms with Crippen molar-refractivity contribution in [3.05, 3.63) is 11.1 Å². The largest absolute Gasteiger partial charge is 0.469 e. The maximum absolute atomic E-state index is 11.6. The lowest BCUT2D eigenvalue weighted by atomic mass is 10.3. The van der Waals surface area contributed by atoms with Gasteiger partial charge in [-0.05, 0) is 6.92 Å². The number of methoxy groups -OCH3 is 1. The molecule has 0 saturated heterocycles. The molecule has 1 aromatic rings. The third-order valence-electron chi connectivity index (χ3n) is 2.05. The van der Waals surface area contributed by atoms with Crippen molar-refractivity contribution < 1.29 is 14.3 Å². The van der Waals surface area contributed by atoms with Crippen molar-refractivity contribution in [2.75, 3.05) is 18.2 Å². The van der Waals surface area contributed by atoms with Crippen LogP contribution in [0.4, 0.5) is 5.13 Å². The van der Waals surface area contributed by atoms with E-state index in [9.17, 15) is 9.59 Å². The zero-order valence-electron chi connectivity index (χ0n) is 10.6. The molecule has 18 heavy (non-hydrogen) atoms. The Morgan fingerprint density at radius 1 is 1.61 bits per heavy atom. The minimum Gasteiger partial charge on any atom is -0.469 e. The first kappa shape index (κ1) is 15.0. The smallest absolute Gasteiger partial charge is 0.306 e. The van der Waals surface area contributed by atoms with Crippen LogP contribution in [0.15, 0.2) is 5.38 Å². The number of amides is 1. The Morgan fingerprint density at radius 2 is 2.33 bits per heavy atom. The van der Waals surface area contributed by atoms with Gasteiger partial charge in [0.25, 0.3) is 0 Å². The molecule has 0 radical (unpaired) electrons. The van der Waals surface area contributed by atoms with E-state index >= 15 is 0 Å². The molecule has 1 unspecified atom stereocenters. The molecule has 0 aliphatic carbocycles. The average molecular weight is 288 g/mol. The first-order valence-electron chi connectivity index (χ1n) is 5.41. The molecule has 5 nitrogen and oxygen atoms in total. The van der Waals surface area contributed by atoms with Gasteiger partial charge in [0.1, 0.15) is 0 Å². The first-order chi connectivity index (χ1) is 8.51. The summed E-state index contributed by atoms with van der Waals surface area (Å²) >= 11 is 2.82. The van der Waals surface area contributed by atoms with E-state index in [1.165, 1.54) is 30.2 Å². The number of nitrogens with zero attached hydrogens (tertiary/aromatic N) is 1. The van der Waals surface area contributed by atoms with Crippen LogP contribution in [0, 0.1) is 6.92 Å². The van der Waals surface area contributed by atoms with Crippen molar-refractivity contribution in [2.24, 2.45) is 0 Å². The van der Waals surface area contributed by atoms with Gasteiger partial charge in [-0.15, -0.1) is 23.1 Å². The quantitative estimate of drug-likeness (QED) is 0.812. The zero-order valence-corrected chi connectivity index (χ0v) is 12.2. The van der Waals surface area contributed by atoms with E-state index in [1.54, 1.807) is 0 Å². The number of ether oxygens (including phenoxy) is 1. The van der Waals surface area contributed by atoms with Gasteiger partial charge in [0, 0.05) is 10.6 Å². The van der Waals surface area contributed by atoms with Gasteiger partial charge in [-0.2, -0.15) is 0 Å². The molecule has 1 heterocycles. The van der Waals surface area contributed by atoms with E-state index in [4.69, 9.17) is 0 Å². The van der Waals surface area contributed by atoms with E-state index in [0.717, 1.165) is 5.69 Å². The van der Waals surface area contributed by atoms with Crippen molar-refractivity contribution >= 4 is 40.1 Å². The maximum atomic E-state index is 11.6. The number of aryl methyl sites for hydroxylation is 1. The van der Waals surface area contributed by atoms with Crippen LogP contribution in [0.25, 0.3) is 0 Å². The predicted molar refractivity (Wildman–Crippen MR) is 74.0 cm³/mol. The molecule has 7 heteroatoms. The van der Waals surface area contributed by atoms with Crippen LogP contribution in [0.1, 0.15) is 19.0 Å². The van der Waals surface area contributed by atoms with E-state index in [2.05, 4.69) is 15.0 Å². The molecule has 1 amide bonds. The van der Waals surface area contributed by atoms with Crippen LogP contribution in [-0.2, 0) is 14.3 Å². The Labute approximate surface area is 114 Å². The fourth-order valence-electron chi connectivity index (χ4n) is 1.16. The van der Waals surface area contributed by atoms with Gasteiger partial charge < -0.3 is 10.1 Å². The highest BCUT2D eigenvalue weighted by Gasteiger charge is 2.12. The number of esters is 1. The maximum Gasteiger partial charge on any atom is 0.306 e. The standard InChI is InChI=1S/C11H16N2O3S2/c1-7-5-18-11(12-7)13-9(14)6-17-8(2)4-10(15)16-3/h5,8H,4,6H2,1-3H3,(H,12,13,14). The second kappa shape index (κ2) is 7.38. The molecule has 1 atom stereocenters. The summed E-state index contributed by atoms with van der Waals surface area (Å²) in [5.74, 6) is -0.0615. The van der Waals surface area contributed by atoms with Gasteiger partial charge in [0.05, 0.1) is 25.0 Å². The Morgan fingerprint density at radius 3 is 2.89 bits per heavy atom. The van der Waals surface area contributed by atoms with Crippen LogP contribution in [0.3, 0.4) is 0 Å². The number of rotatable bonds is 6. The topological polar surface area (TPSA) is 68.3 Å². The van der Waals surface area contributed by atoms with Crippen LogP contribution >= 0.6 is 23.1 Å². The van der Waals surface area contributed by atoms with Crippen molar-refractivity contribution in [2.45, 2.75) is 25.5 Å². The van der Waals surface area contributed by atoms with Crippen molar-refractivity contribution in [3.63, 3.8) is 0 Å². The zero-order chi connectivity index (χ0) is 13.5. The van der Waals surface area contributed by atoms with E-state index < -0.39 is 0 Å². The first-order valence-corrected chi connectivity index (χ1v) is 7.34. The van der Waals surface area contributed by atoms with E-state index in [0.29, 0.717) is 17.3 Å². The molecular formula is C11H16N2O3S2. The van der Waals surface area contributed by atoms with Crippen molar-refractivity contribution in [1.29, 1.82) is 0 Å². The molecule has 1 rings (SSSR count). The summed E-state index contributed by atoms with van der Waals surface area (Å²) in [5.41, 5.74) is 0.891. The fourth-order valence-corrected chi connectivity index (χ4v) is 2.63. The van der Waals surface area contributed by atoms with E-state index in [-0.39, 0.29) is 17.1 Å². The summed E-state index contributed by atoms with van der Waals surface area (Å²) in [5, 5.41) is 5.26. The average Bonchev–Trinajstić information content (AvgIpc) is 2.72. The summed E-state index contributed by atoms with van der Waals surface area (Å²) in [7, 11) is 1.36. The van der Waals surface area contributed by atoms with Gasteiger partial charge >= 0.3 is 5.97 Å². The highest BCUT2D eigenvalue weighted by atomic mass is 32.2. The summed E-state index contributed by atoms with van der Waals surface area (Å²) in [4.78, 5) is 26.8. The molecule has 0 aliphatic heterocycles. The lowest BCUT2D eigenvalue weighted by Crippen LogP contribution is -2.17. The van der Waals surface area contributed by atoms with Crippen LogP contribution in [0.2, 0.25) is 0 Å². The Bertz CT molecular complexity index is 420. The minimum absolute atomic E-state index is 0.0567. The lowest BCUT2D eigenvalue weighted by Gasteiger charge is -2.08. The number of carbonyl (C=O) groups is 2. The number of anilines is 1. The number of thiazole rings is 1. The van der Waals surface area contributed by atoms with Gasteiger partial charge in [0.15, 0.2) is 5.13 Å². The molecule has 0 bridgehead atoms. The third kappa shape index (κ3) is 5.50. The second-order valence-corrected chi connectivity index (χ2v) is 6.03. The highest BCUT2D eigenvalue weighted by Crippen LogP contribution is 2.17. The molecule has 0 saturated carbocycles. The number of thioether (sulfide) groups is 1. The Balaban J connectivity index is 2.26. The van der Waals surface area contributed by atoms with Crippen LogP contribution in [0.5, 0.6) is 0 Å². The number of aromatic nitrogens is 1. The molecule has 1 aromatic heterocycles. The van der Waals surface area contributed by atoms with Crippen LogP contribution < -0.4 is 5.32 Å². The number of nitrogens with one attached hydrogen (secondary N) is 1. The minimum atomic E-state index is -0.258. The number of hydrogen-bond donors (Lipinski definition) is 1. The molecule has 100 valence electrons. The normalized spacial score (nSPS) is 11.9. The van der Waals surface area contributed by atoms with Crippen molar-refractivity contribution in [3.8, 4) is 0 Å². The monoisotopic (exact) mass is 288 g/mol. The molecule has 0 aliphatic rings. The number of carbonyl (C=O) groups excluding carboxylic acids is 2. The van der Waals surface area contributed by atoms with E-state index in [1.807, 2.05) is 19.2 Å². The summed E-state index contributed by atoms with van der Waals surface area (Å²) < 4.78 is 4.56. The van der Waals surface area contributed by atoms with Crippen molar-refractivity contribution in [1.82, 2.24) is 4.98 Å². The molecule has 0 fully saturated rings. The molecule has 0 spiro atoms. The van der Waals surface area contributed by atoms with Crippen LogP contribution in [-0.4, -0.2) is 35.0 Å². The molecule has 1 N–H and O–H groups in total. The summed E-state index contributed by atoms with van der Waals surface area (Å²) in [6, 6.07) is 0. The van der Waals surface area contributed by atoms with Gasteiger partial charge in [-0.25, -0.2) is 4.98 Å². The van der Waals surface area contributed by atoms with Gasteiger partial charge in [-0.1, -0.05) is 6.92 Å². The van der Waals surface area contributed by atoms with Gasteiger partial charge in [0.2, 0.25) is 5.91 Å². The fraction of sp³-hybridized carbons (Fsp3) is 0.545. The van der Waals surface area contributed by atoms with Gasteiger partial charge in [-0.3, -0.25) is 9.59 Å². The second-order valence-electron chi connectivity index (χ2n) is 3.74. The lowest BCUT2D eigenvalue weighted by molar-refractivity contribution is -0.140.